The van der Waals surface area contributed by atoms with Gasteiger partial charge in [-0.2, -0.15) is 0 Å². The first kappa shape index (κ1) is 18.1. The van der Waals surface area contributed by atoms with Crippen LogP contribution in [0.4, 0.5) is 0 Å². The maximum absolute atomic E-state index is 12.0. The molecule has 1 aromatic heterocycles. The quantitative estimate of drug-likeness (QED) is 0.670. The number of rotatable bonds is 8. The molecule has 120 valence electrons. The van der Waals surface area contributed by atoms with Gasteiger partial charge in [-0.25, -0.2) is 8.42 Å². The number of carbonyl (C=O) groups is 1. The number of hydrogen-bond donors (Lipinski definition) is 1. The summed E-state index contributed by atoms with van der Waals surface area (Å²) in [5.74, 6) is -0.131. The van der Waals surface area contributed by atoms with E-state index < -0.39 is 25.8 Å². The summed E-state index contributed by atoms with van der Waals surface area (Å²) >= 11 is 0. The molecule has 1 rings (SSSR count). The second-order valence-electron chi connectivity index (χ2n) is 4.22. The van der Waals surface area contributed by atoms with Crippen LogP contribution in [0.2, 0.25) is 0 Å². The lowest BCUT2D eigenvalue weighted by atomic mass is 10.4. The van der Waals surface area contributed by atoms with Gasteiger partial charge in [0.2, 0.25) is 0 Å². The smallest absolute Gasteiger partial charge is 0.267 e. The Morgan fingerprint density at radius 1 is 1.52 bits per heavy atom. The molecule has 0 aromatic carbocycles. The van der Waals surface area contributed by atoms with E-state index in [4.69, 9.17) is 15.4 Å². The molecule has 0 aliphatic rings. The highest BCUT2D eigenvalue weighted by atomic mass is 35.7. The molecule has 0 saturated carbocycles. The van der Waals surface area contributed by atoms with Crippen molar-refractivity contribution in [2.75, 3.05) is 32.3 Å². The Morgan fingerprint density at radius 2 is 2.19 bits per heavy atom. The highest BCUT2D eigenvalue weighted by molar-refractivity contribution is 8.13. The molecule has 1 N–H and O–H groups in total. The minimum absolute atomic E-state index is 0.149. The average Bonchev–Trinajstić information content (AvgIpc) is 2.79. The average molecular weight is 357 g/mol. The molecule has 0 aliphatic carbocycles. The van der Waals surface area contributed by atoms with Crippen molar-refractivity contribution in [1.82, 2.24) is 9.88 Å². The SMILES string of the molecule is COCCn1cc(S(=O)(=O)Cl)cc1C(=O)NCCS(C)=O. The monoisotopic (exact) mass is 356 g/mol. The molecule has 0 aliphatic heterocycles. The lowest BCUT2D eigenvalue weighted by molar-refractivity contribution is 0.0944. The van der Waals surface area contributed by atoms with Gasteiger partial charge in [0.05, 0.1) is 6.61 Å². The predicted molar refractivity (Wildman–Crippen MR) is 80.6 cm³/mol. The summed E-state index contributed by atoms with van der Waals surface area (Å²) in [6, 6.07) is 1.20. The molecule has 21 heavy (non-hydrogen) atoms. The van der Waals surface area contributed by atoms with Crippen LogP contribution >= 0.6 is 10.7 Å². The van der Waals surface area contributed by atoms with Gasteiger partial charge in [-0.3, -0.25) is 9.00 Å². The highest BCUT2D eigenvalue weighted by Crippen LogP contribution is 2.18. The third-order valence-electron chi connectivity index (χ3n) is 2.60. The van der Waals surface area contributed by atoms with E-state index in [2.05, 4.69) is 5.32 Å². The van der Waals surface area contributed by atoms with Crippen LogP contribution in [0.5, 0.6) is 0 Å². The number of halogens is 1. The molecule has 1 atom stereocenters. The van der Waals surface area contributed by atoms with Crippen LogP contribution in [0.25, 0.3) is 0 Å². The van der Waals surface area contributed by atoms with E-state index >= 15 is 0 Å². The number of ether oxygens (including phenoxy) is 1. The third-order valence-corrected chi connectivity index (χ3v) is 4.70. The largest absolute Gasteiger partial charge is 0.383 e. The van der Waals surface area contributed by atoms with Crippen molar-refractivity contribution in [2.45, 2.75) is 11.4 Å². The van der Waals surface area contributed by atoms with Gasteiger partial charge in [0.25, 0.3) is 15.0 Å². The molecular formula is C11H17ClN2O5S2. The molecule has 1 aromatic rings. The van der Waals surface area contributed by atoms with E-state index in [0.29, 0.717) is 18.9 Å². The van der Waals surface area contributed by atoms with Gasteiger partial charge >= 0.3 is 0 Å². The van der Waals surface area contributed by atoms with Crippen molar-refractivity contribution in [3.05, 3.63) is 18.0 Å². The molecule has 7 nitrogen and oxygen atoms in total. The Labute approximate surface area is 130 Å². The molecule has 0 spiro atoms. The van der Waals surface area contributed by atoms with Crippen molar-refractivity contribution < 1.29 is 22.2 Å². The number of aromatic nitrogens is 1. The summed E-state index contributed by atoms with van der Waals surface area (Å²) in [7, 11) is 1.85. The van der Waals surface area contributed by atoms with Crippen LogP contribution in [-0.2, 0) is 31.1 Å². The predicted octanol–water partition coefficient (Wildman–Crippen LogP) is 0.170. The van der Waals surface area contributed by atoms with Crippen molar-refractivity contribution >= 4 is 36.4 Å². The second kappa shape index (κ2) is 7.92. The number of carbonyl (C=O) groups excluding carboxylic acids is 1. The maximum atomic E-state index is 12.0. The van der Waals surface area contributed by atoms with Crippen LogP contribution in [0.1, 0.15) is 10.5 Å². The molecular weight excluding hydrogens is 340 g/mol. The fourth-order valence-corrected chi connectivity index (χ4v) is 2.73. The van der Waals surface area contributed by atoms with Gasteiger partial charge in [-0.05, 0) is 6.07 Å². The Hall–Kier alpha value is -0.900. The van der Waals surface area contributed by atoms with Gasteiger partial charge in [0.1, 0.15) is 10.6 Å². The van der Waals surface area contributed by atoms with Crippen molar-refractivity contribution in [1.29, 1.82) is 0 Å². The molecule has 1 unspecified atom stereocenters. The lowest BCUT2D eigenvalue weighted by Crippen LogP contribution is -2.29. The molecule has 0 radical (unpaired) electrons. The minimum Gasteiger partial charge on any atom is -0.383 e. The Kier molecular flexibility index (Phi) is 6.85. The number of methoxy groups -OCH3 is 1. The van der Waals surface area contributed by atoms with Gasteiger partial charge in [-0.1, -0.05) is 0 Å². The molecule has 1 amide bonds. The van der Waals surface area contributed by atoms with E-state index in [9.17, 15) is 17.4 Å². The van der Waals surface area contributed by atoms with Crippen LogP contribution in [0.15, 0.2) is 17.2 Å². The van der Waals surface area contributed by atoms with E-state index in [1.807, 2.05) is 0 Å². The number of amides is 1. The van der Waals surface area contributed by atoms with Gasteiger partial charge in [0, 0.05) is 59.9 Å². The first-order valence-electron chi connectivity index (χ1n) is 5.97. The van der Waals surface area contributed by atoms with Crippen LogP contribution in [-0.4, -0.2) is 55.4 Å². The lowest BCUT2D eigenvalue weighted by Gasteiger charge is -2.08. The molecule has 0 fully saturated rings. The van der Waals surface area contributed by atoms with Gasteiger partial charge in [-0.15, -0.1) is 0 Å². The normalized spacial score (nSPS) is 13.1. The van der Waals surface area contributed by atoms with Crippen LogP contribution in [0.3, 0.4) is 0 Å². The number of hydrogen-bond acceptors (Lipinski definition) is 5. The first-order valence-corrected chi connectivity index (χ1v) is 10.0. The number of nitrogens with zero attached hydrogens (tertiary/aromatic N) is 1. The topological polar surface area (TPSA) is 94.5 Å². The van der Waals surface area contributed by atoms with E-state index in [1.165, 1.54) is 30.2 Å². The third kappa shape index (κ3) is 5.77. The Balaban J connectivity index is 2.94. The zero-order chi connectivity index (χ0) is 16.0. The van der Waals surface area contributed by atoms with Crippen molar-refractivity contribution in [2.24, 2.45) is 0 Å². The summed E-state index contributed by atoms with van der Waals surface area (Å²) in [4.78, 5) is 11.9. The second-order valence-corrected chi connectivity index (χ2v) is 8.34. The van der Waals surface area contributed by atoms with E-state index in [1.54, 1.807) is 0 Å². The van der Waals surface area contributed by atoms with Crippen LogP contribution < -0.4 is 5.32 Å². The summed E-state index contributed by atoms with van der Waals surface area (Å²) in [5.41, 5.74) is 0.160. The minimum atomic E-state index is -3.92. The Bertz CT molecular complexity index is 627. The fraction of sp³-hybridized carbons (Fsp3) is 0.545. The Morgan fingerprint density at radius 3 is 2.71 bits per heavy atom. The van der Waals surface area contributed by atoms with Gasteiger partial charge in [0.15, 0.2) is 0 Å². The maximum Gasteiger partial charge on any atom is 0.267 e. The summed E-state index contributed by atoms with van der Waals surface area (Å²) in [5, 5.41) is 2.58. The molecule has 10 heteroatoms. The van der Waals surface area contributed by atoms with Crippen molar-refractivity contribution in [3.63, 3.8) is 0 Å². The fourth-order valence-electron chi connectivity index (χ4n) is 1.58. The van der Waals surface area contributed by atoms with E-state index in [0.717, 1.165) is 0 Å². The first-order chi connectivity index (χ1) is 9.75. The van der Waals surface area contributed by atoms with Crippen LogP contribution in [0, 0.1) is 0 Å². The summed E-state index contributed by atoms with van der Waals surface area (Å²) in [6.45, 7) is 0.863. The molecule has 1 heterocycles. The standard InChI is InChI=1S/C11H17ClN2O5S2/c1-19-5-4-14-8-9(21(12,17)18)7-10(14)11(15)13-3-6-20(2)16/h7-8H,3-6H2,1-2H3,(H,13,15). The van der Waals surface area contributed by atoms with E-state index in [-0.39, 0.29) is 17.1 Å². The zero-order valence-corrected chi connectivity index (χ0v) is 14.1. The molecule has 0 saturated heterocycles. The zero-order valence-electron chi connectivity index (χ0n) is 11.7. The highest BCUT2D eigenvalue weighted by Gasteiger charge is 2.19. The van der Waals surface area contributed by atoms with Crippen molar-refractivity contribution in [3.8, 4) is 0 Å². The summed E-state index contributed by atoms with van der Waals surface area (Å²) < 4.78 is 40.0. The van der Waals surface area contributed by atoms with Gasteiger partial charge < -0.3 is 14.6 Å². The molecule has 0 bridgehead atoms. The number of nitrogens with one attached hydrogen (secondary N) is 1. The summed E-state index contributed by atoms with van der Waals surface area (Å²) in [6.07, 6.45) is 2.82.